The molecule has 1 amide bonds. The van der Waals surface area contributed by atoms with E-state index >= 15 is 0 Å². The van der Waals surface area contributed by atoms with E-state index in [0.29, 0.717) is 6.54 Å². The van der Waals surface area contributed by atoms with Crippen molar-refractivity contribution in [3.63, 3.8) is 0 Å². The molecule has 4 nitrogen and oxygen atoms in total. The third-order valence-electron chi connectivity index (χ3n) is 4.15. The molecule has 2 aliphatic rings. The molecule has 2 heterocycles. The van der Waals surface area contributed by atoms with Crippen molar-refractivity contribution in [1.82, 2.24) is 10.2 Å². The van der Waals surface area contributed by atoms with Gasteiger partial charge in [0.2, 0.25) is 5.91 Å². The summed E-state index contributed by atoms with van der Waals surface area (Å²) in [7, 11) is 0. The van der Waals surface area contributed by atoms with Crippen LogP contribution in [0.2, 0.25) is 0 Å². The van der Waals surface area contributed by atoms with E-state index in [2.05, 4.69) is 24.4 Å². The number of rotatable bonds is 2. The van der Waals surface area contributed by atoms with Crippen LogP contribution in [0.25, 0.3) is 0 Å². The molecule has 0 spiro atoms. The Morgan fingerprint density at radius 3 is 3.05 bits per heavy atom. The fraction of sp³-hybridized carbons (Fsp3) is 0.562. The van der Waals surface area contributed by atoms with Gasteiger partial charge >= 0.3 is 0 Å². The molecular weight excluding hydrogens is 252 g/mol. The van der Waals surface area contributed by atoms with E-state index in [0.717, 1.165) is 25.3 Å². The van der Waals surface area contributed by atoms with Crippen molar-refractivity contribution in [2.45, 2.75) is 38.8 Å². The number of carbonyl (C=O) groups is 1. The smallest absolute Gasteiger partial charge is 0.242 e. The largest absolute Gasteiger partial charge is 0.488 e. The Labute approximate surface area is 120 Å². The Morgan fingerprint density at radius 1 is 1.45 bits per heavy atom. The standard InChI is InChI=1S/C16H22N2O2/c1-11-4-5-14-12(8-11)9-13(20-14)10-18-7-6-17-16(2,3)15(18)19/h4-5,8,13,17H,6-7,9-10H2,1-3H3. The molecule has 2 aliphatic heterocycles. The van der Waals surface area contributed by atoms with Crippen LogP contribution in [0.1, 0.15) is 25.0 Å². The molecule has 20 heavy (non-hydrogen) atoms. The van der Waals surface area contributed by atoms with Gasteiger partial charge in [0.15, 0.2) is 0 Å². The average Bonchev–Trinajstić information content (AvgIpc) is 2.76. The Morgan fingerprint density at radius 2 is 2.25 bits per heavy atom. The molecule has 1 saturated heterocycles. The van der Waals surface area contributed by atoms with Crippen LogP contribution in [0.5, 0.6) is 5.75 Å². The molecule has 4 heteroatoms. The van der Waals surface area contributed by atoms with Crippen LogP contribution >= 0.6 is 0 Å². The first-order valence-corrected chi connectivity index (χ1v) is 7.26. The van der Waals surface area contributed by atoms with Gasteiger partial charge in [-0.1, -0.05) is 17.7 Å². The fourth-order valence-corrected chi connectivity index (χ4v) is 3.05. The molecule has 0 radical (unpaired) electrons. The number of carbonyl (C=O) groups excluding carboxylic acids is 1. The monoisotopic (exact) mass is 274 g/mol. The Kier molecular flexibility index (Phi) is 3.21. The van der Waals surface area contributed by atoms with Crippen molar-refractivity contribution in [2.24, 2.45) is 0 Å². The number of aryl methyl sites for hydroxylation is 1. The van der Waals surface area contributed by atoms with Crippen molar-refractivity contribution in [2.75, 3.05) is 19.6 Å². The fourth-order valence-electron chi connectivity index (χ4n) is 3.05. The topological polar surface area (TPSA) is 41.6 Å². The maximum absolute atomic E-state index is 12.4. The van der Waals surface area contributed by atoms with Gasteiger partial charge in [0.1, 0.15) is 11.9 Å². The van der Waals surface area contributed by atoms with Crippen molar-refractivity contribution < 1.29 is 9.53 Å². The van der Waals surface area contributed by atoms with E-state index in [9.17, 15) is 4.79 Å². The Bertz CT molecular complexity index is 539. The van der Waals surface area contributed by atoms with E-state index in [1.165, 1.54) is 11.1 Å². The molecule has 1 unspecified atom stereocenters. The number of fused-ring (bicyclic) bond motifs is 1. The summed E-state index contributed by atoms with van der Waals surface area (Å²) >= 11 is 0. The summed E-state index contributed by atoms with van der Waals surface area (Å²) in [6.45, 7) is 8.26. The molecule has 1 atom stereocenters. The van der Waals surface area contributed by atoms with Crippen LogP contribution in [0.3, 0.4) is 0 Å². The SMILES string of the molecule is Cc1ccc2c(c1)CC(CN1CCNC(C)(C)C1=O)O2. The molecule has 1 aromatic rings. The first-order valence-electron chi connectivity index (χ1n) is 7.26. The summed E-state index contributed by atoms with van der Waals surface area (Å²) in [4.78, 5) is 14.3. The molecule has 1 N–H and O–H groups in total. The first-order chi connectivity index (χ1) is 9.45. The number of benzene rings is 1. The number of nitrogens with one attached hydrogen (secondary N) is 1. The zero-order valence-corrected chi connectivity index (χ0v) is 12.4. The van der Waals surface area contributed by atoms with Crippen molar-refractivity contribution in [3.05, 3.63) is 29.3 Å². The molecule has 1 fully saturated rings. The van der Waals surface area contributed by atoms with Gasteiger partial charge in [0, 0.05) is 19.5 Å². The van der Waals surface area contributed by atoms with Gasteiger partial charge in [-0.05, 0) is 32.4 Å². The number of hydrogen-bond acceptors (Lipinski definition) is 3. The minimum atomic E-state index is -0.458. The average molecular weight is 274 g/mol. The molecule has 0 bridgehead atoms. The third kappa shape index (κ3) is 2.40. The number of piperazine rings is 1. The van der Waals surface area contributed by atoms with Crippen molar-refractivity contribution in [1.29, 1.82) is 0 Å². The van der Waals surface area contributed by atoms with E-state index in [-0.39, 0.29) is 12.0 Å². The lowest BCUT2D eigenvalue weighted by molar-refractivity contribution is -0.140. The summed E-state index contributed by atoms with van der Waals surface area (Å²) in [5, 5.41) is 3.26. The molecule has 3 rings (SSSR count). The van der Waals surface area contributed by atoms with Crippen LogP contribution in [0, 0.1) is 6.92 Å². The summed E-state index contributed by atoms with van der Waals surface area (Å²) in [6, 6.07) is 6.29. The van der Waals surface area contributed by atoms with E-state index in [4.69, 9.17) is 4.74 Å². The quantitative estimate of drug-likeness (QED) is 0.889. The first kappa shape index (κ1) is 13.4. The number of amides is 1. The zero-order chi connectivity index (χ0) is 14.3. The van der Waals surface area contributed by atoms with Crippen molar-refractivity contribution in [3.8, 4) is 5.75 Å². The Balaban J connectivity index is 1.67. The third-order valence-corrected chi connectivity index (χ3v) is 4.15. The molecule has 1 aromatic carbocycles. The van der Waals surface area contributed by atoms with Crippen molar-refractivity contribution >= 4 is 5.91 Å². The molecular formula is C16H22N2O2. The highest BCUT2D eigenvalue weighted by Crippen LogP contribution is 2.30. The number of hydrogen-bond donors (Lipinski definition) is 1. The second-order valence-corrected chi connectivity index (χ2v) is 6.36. The maximum Gasteiger partial charge on any atom is 0.242 e. The van der Waals surface area contributed by atoms with Crippen LogP contribution in [-0.4, -0.2) is 42.1 Å². The van der Waals surface area contributed by atoms with Crippen LogP contribution < -0.4 is 10.1 Å². The highest BCUT2D eigenvalue weighted by atomic mass is 16.5. The van der Waals surface area contributed by atoms with Gasteiger partial charge in [-0.3, -0.25) is 4.79 Å². The van der Waals surface area contributed by atoms with Gasteiger partial charge in [0.05, 0.1) is 12.1 Å². The minimum Gasteiger partial charge on any atom is -0.488 e. The Hall–Kier alpha value is -1.55. The molecule has 0 aliphatic carbocycles. The van der Waals surface area contributed by atoms with E-state index < -0.39 is 5.54 Å². The highest BCUT2D eigenvalue weighted by Gasteiger charge is 2.37. The van der Waals surface area contributed by atoms with Gasteiger partial charge < -0.3 is 15.0 Å². The lowest BCUT2D eigenvalue weighted by Gasteiger charge is -2.39. The molecule has 0 saturated carbocycles. The van der Waals surface area contributed by atoms with Gasteiger partial charge in [0.25, 0.3) is 0 Å². The van der Waals surface area contributed by atoms with Gasteiger partial charge in [-0.15, -0.1) is 0 Å². The second-order valence-electron chi connectivity index (χ2n) is 6.36. The lowest BCUT2D eigenvalue weighted by atomic mass is 10.00. The zero-order valence-electron chi connectivity index (χ0n) is 12.4. The predicted molar refractivity (Wildman–Crippen MR) is 78.0 cm³/mol. The number of nitrogens with zero attached hydrogens (tertiary/aromatic N) is 1. The summed E-state index contributed by atoms with van der Waals surface area (Å²) in [6.07, 6.45) is 0.985. The van der Waals surface area contributed by atoms with Crippen LogP contribution in [-0.2, 0) is 11.2 Å². The maximum atomic E-state index is 12.4. The highest BCUT2D eigenvalue weighted by molar-refractivity contribution is 5.86. The summed E-state index contributed by atoms with van der Waals surface area (Å²) in [5.74, 6) is 1.14. The molecule has 108 valence electrons. The van der Waals surface area contributed by atoms with E-state index in [1.54, 1.807) is 0 Å². The normalized spacial score (nSPS) is 24.4. The lowest BCUT2D eigenvalue weighted by Crippen LogP contribution is -2.62. The predicted octanol–water partition coefficient (Wildman–Crippen LogP) is 1.51. The van der Waals surface area contributed by atoms with Crippen LogP contribution in [0.4, 0.5) is 0 Å². The number of ether oxygens (including phenoxy) is 1. The summed E-state index contributed by atoms with van der Waals surface area (Å²) in [5.41, 5.74) is 2.06. The van der Waals surface area contributed by atoms with E-state index in [1.807, 2.05) is 24.8 Å². The minimum absolute atomic E-state index is 0.0876. The van der Waals surface area contributed by atoms with Gasteiger partial charge in [-0.2, -0.15) is 0 Å². The second kappa shape index (κ2) is 4.77. The molecule has 0 aromatic heterocycles. The van der Waals surface area contributed by atoms with Crippen LogP contribution in [0.15, 0.2) is 18.2 Å². The summed E-state index contributed by atoms with van der Waals surface area (Å²) < 4.78 is 5.97. The van der Waals surface area contributed by atoms with Gasteiger partial charge in [-0.25, -0.2) is 0 Å².